The van der Waals surface area contributed by atoms with Crippen LogP contribution in [0.25, 0.3) is 0 Å². The maximum absolute atomic E-state index is 10.5. The number of benzene rings is 1. The summed E-state index contributed by atoms with van der Waals surface area (Å²) in [4.78, 5) is 22.1. The zero-order chi connectivity index (χ0) is 17.5. The van der Waals surface area contributed by atoms with Crippen molar-refractivity contribution in [3.8, 4) is 0 Å². The number of rotatable bonds is 2. The number of hydrazine groups is 1. The van der Waals surface area contributed by atoms with Crippen molar-refractivity contribution >= 4 is 26.7 Å². The van der Waals surface area contributed by atoms with E-state index in [1.54, 1.807) is 12.1 Å². The van der Waals surface area contributed by atoms with Gasteiger partial charge in [0, 0.05) is 44.0 Å². The Hall–Kier alpha value is -2.28. The number of anilines is 1. The van der Waals surface area contributed by atoms with Gasteiger partial charge in [-0.05, 0) is 12.1 Å². The Labute approximate surface area is 132 Å². The van der Waals surface area contributed by atoms with E-state index in [1.165, 1.54) is 5.43 Å². The molecule has 0 unspecified atom stereocenters. The third kappa shape index (κ3) is 6.15. The summed E-state index contributed by atoms with van der Waals surface area (Å²) in [7, 11) is -4.63. The van der Waals surface area contributed by atoms with Crippen LogP contribution in [-0.2, 0) is 10.1 Å². The molecule has 1 heterocycles. The number of hydrogen-bond donors (Lipinski definition) is 4. The van der Waals surface area contributed by atoms with E-state index in [9.17, 15) is 23.3 Å². The van der Waals surface area contributed by atoms with Crippen LogP contribution in [0.4, 0.5) is 16.2 Å². The molecule has 5 N–H and O–H groups in total. The molecule has 2 rings (SSSR count). The van der Waals surface area contributed by atoms with E-state index >= 15 is 0 Å². The molecular weight excluding hydrogens is 330 g/mol. The third-order valence-electron chi connectivity index (χ3n) is 2.89. The molecule has 11 nitrogen and oxygen atoms in total. The molecule has 0 atom stereocenters. The number of piperazine rings is 1. The van der Waals surface area contributed by atoms with Gasteiger partial charge >= 0.3 is 15.4 Å². The molecule has 1 amide bonds. The van der Waals surface area contributed by atoms with Gasteiger partial charge in [0.15, 0.2) is 0 Å². The Bertz CT molecular complexity index is 641. The normalized spacial score (nSPS) is 14.4. The highest BCUT2D eigenvalue weighted by Crippen LogP contribution is 2.19. The fourth-order valence-corrected chi connectivity index (χ4v) is 1.93. The van der Waals surface area contributed by atoms with Crippen molar-refractivity contribution in [2.75, 3.05) is 31.1 Å². The Morgan fingerprint density at radius 3 is 2.17 bits per heavy atom. The highest BCUT2D eigenvalue weighted by atomic mass is 32.2. The molecule has 1 fully saturated rings. The second-order valence-corrected chi connectivity index (χ2v) is 5.74. The van der Waals surface area contributed by atoms with Crippen LogP contribution in [0.15, 0.2) is 24.3 Å². The number of nitrogens with one attached hydrogen (secondary N) is 2. The first-order valence-corrected chi connectivity index (χ1v) is 7.88. The second kappa shape index (κ2) is 8.38. The molecule has 1 aliphatic rings. The molecule has 1 aromatic rings. The summed E-state index contributed by atoms with van der Waals surface area (Å²) in [6, 6.07) is 6.72. The number of non-ortho nitro benzene ring substituents is 1. The van der Waals surface area contributed by atoms with E-state index in [1.807, 2.05) is 12.1 Å². The van der Waals surface area contributed by atoms with Crippen LogP contribution in [0, 0.1) is 10.1 Å². The Morgan fingerprint density at radius 1 is 1.30 bits per heavy atom. The number of nitrogens with two attached hydrogens (primary N) is 1. The molecule has 128 valence electrons. The first-order valence-electron chi connectivity index (χ1n) is 6.44. The first kappa shape index (κ1) is 18.8. The van der Waals surface area contributed by atoms with Crippen molar-refractivity contribution in [3.05, 3.63) is 34.4 Å². The molecule has 0 bridgehead atoms. The van der Waals surface area contributed by atoms with E-state index < -0.39 is 15.4 Å². The molecule has 0 aliphatic carbocycles. The number of amides is 1. The maximum Gasteiger partial charge on any atom is 0.377 e. The van der Waals surface area contributed by atoms with Crippen molar-refractivity contribution < 1.29 is 22.7 Å². The average molecular weight is 347 g/mol. The monoisotopic (exact) mass is 347 g/mol. The molecule has 0 aromatic heterocycles. The van der Waals surface area contributed by atoms with E-state index in [2.05, 4.69) is 16.1 Å². The van der Waals surface area contributed by atoms with Crippen molar-refractivity contribution in [3.63, 3.8) is 0 Å². The molecule has 23 heavy (non-hydrogen) atoms. The third-order valence-corrected chi connectivity index (χ3v) is 3.48. The molecule has 0 radical (unpaired) electrons. The van der Waals surface area contributed by atoms with Gasteiger partial charge < -0.3 is 10.2 Å². The highest BCUT2D eigenvalue weighted by Gasteiger charge is 2.15. The van der Waals surface area contributed by atoms with E-state index in [0.29, 0.717) is 0 Å². The average Bonchev–Trinajstić information content (AvgIpc) is 2.54. The van der Waals surface area contributed by atoms with Crippen molar-refractivity contribution in [2.45, 2.75) is 0 Å². The number of carbonyl (C=O) groups is 1. The van der Waals surface area contributed by atoms with Gasteiger partial charge in [-0.3, -0.25) is 24.9 Å². The SMILES string of the molecule is NNC(=O)S(=O)(=O)O.O=[N+]([O-])c1ccc(N2CCNCC2)cc1. The summed E-state index contributed by atoms with van der Waals surface area (Å²) in [5, 5.41) is 12.1. The lowest BCUT2D eigenvalue weighted by Crippen LogP contribution is -2.43. The minimum atomic E-state index is -4.63. The quantitative estimate of drug-likeness (QED) is 0.180. The van der Waals surface area contributed by atoms with Crippen LogP contribution >= 0.6 is 0 Å². The molecule has 12 heteroatoms. The fourth-order valence-electron chi connectivity index (χ4n) is 1.78. The van der Waals surface area contributed by atoms with E-state index in [4.69, 9.17) is 4.55 Å². The number of carbonyl (C=O) groups excluding carboxylic acids is 1. The fraction of sp³-hybridized carbons (Fsp3) is 0.364. The van der Waals surface area contributed by atoms with Gasteiger partial charge in [0.25, 0.3) is 5.69 Å². The van der Waals surface area contributed by atoms with Crippen molar-refractivity contribution in [1.29, 1.82) is 0 Å². The second-order valence-electron chi connectivity index (χ2n) is 4.42. The van der Waals surface area contributed by atoms with Gasteiger partial charge in [0.05, 0.1) is 4.92 Å². The molecule has 1 aliphatic heterocycles. The minimum Gasteiger partial charge on any atom is -0.369 e. The largest absolute Gasteiger partial charge is 0.377 e. The highest BCUT2D eigenvalue weighted by molar-refractivity contribution is 8.01. The van der Waals surface area contributed by atoms with Crippen LogP contribution in [0.1, 0.15) is 0 Å². The zero-order valence-corrected chi connectivity index (χ0v) is 12.8. The van der Waals surface area contributed by atoms with Crippen LogP contribution in [0.3, 0.4) is 0 Å². The summed E-state index contributed by atoms with van der Waals surface area (Å²) < 4.78 is 27.0. The van der Waals surface area contributed by atoms with E-state index in [0.717, 1.165) is 31.9 Å². The van der Waals surface area contributed by atoms with Crippen molar-refractivity contribution in [2.24, 2.45) is 5.84 Å². The summed E-state index contributed by atoms with van der Waals surface area (Å²) in [5.41, 5.74) is 2.43. The van der Waals surface area contributed by atoms with Gasteiger partial charge in [0.2, 0.25) is 0 Å². The predicted molar refractivity (Wildman–Crippen MR) is 82.4 cm³/mol. The lowest BCUT2D eigenvalue weighted by molar-refractivity contribution is -0.384. The molecule has 1 aromatic carbocycles. The number of nitro benzene ring substituents is 1. The van der Waals surface area contributed by atoms with Crippen LogP contribution < -0.4 is 21.5 Å². The smallest absolute Gasteiger partial charge is 0.369 e. The minimum absolute atomic E-state index is 0.147. The van der Waals surface area contributed by atoms with Gasteiger partial charge in [-0.2, -0.15) is 8.42 Å². The number of hydrogen-bond acceptors (Lipinski definition) is 8. The van der Waals surface area contributed by atoms with Crippen LogP contribution in [-0.4, -0.2) is 49.3 Å². The van der Waals surface area contributed by atoms with Crippen molar-refractivity contribution in [1.82, 2.24) is 10.7 Å². The topological polar surface area (TPSA) is 168 Å². The lowest BCUT2D eigenvalue weighted by atomic mass is 10.2. The summed E-state index contributed by atoms with van der Waals surface area (Å²) in [6.45, 7) is 3.85. The zero-order valence-electron chi connectivity index (χ0n) is 12.0. The number of nitrogens with zero attached hydrogens (tertiary/aromatic N) is 2. The van der Waals surface area contributed by atoms with Crippen LogP contribution in [0.5, 0.6) is 0 Å². The van der Waals surface area contributed by atoms with Gasteiger partial charge in [0.1, 0.15) is 0 Å². The standard InChI is InChI=1S/C10H13N3O2.CH4N2O4S/c14-13(15)10-3-1-9(2-4-10)12-7-5-11-6-8-12;2-3-1(4)8(5,6)7/h1-4,11H,5-8H2;2H2,(H,3,4)(H,5,6,7). The van der Waals surface area contributed by atoms with Gasteiger partial charge in [-0.1, -0.05) is 0 Å². The molecule has 1 saturated heterocycles. The maximum atomic E-state index is 10.5. The molecule has 0 saturated carbocycles. The summed E-state index contributed by atoms with van der Waals surface area (Å²) in [6.07, 6.45) is 0. The Morgan fingerprint density at radius 2 is 1.83 bits per heavy atom. The van der Waals surface area contributed by atoms with Gasteiger partial charge in [-0.15, -0.1) is 0 Å². The van der Waals surface area contributed by atoms with E-state index in [-0.39, 0.29) is 10.6 Å². The summed E-state index contributed by atoms with van der Waals surface area (Å²) >= 11 is 0. The predicted octanol–water partition coefficient (Wildman–Crippen LogP) is -0.538. The molecule has 0 spiro atoms. The van der Waals surface area contributed by atoms with Crippen LogP contribution in [0.2, 0.25) is 0 Å². The number of nitro groups is 1. The lowest BCUT2D eigenvalue weighted by Gasteiger charge is -2.29. The summed E-state index contributed by atoms with van der Waals surface area (Å²) in [5.74, 6) is 4.32. The Balaban J connectivity index is 0.000000284. The molecular formula is C11H17N5O6S. The first-order chi connectivity index (χ1) is 10.8. The van der Waals surface area contributed by atoms with Gasteiger partial charge in [-0.25, -0.2) is 5.84 Å². The Kier molecular flexibility index (Phi) is 6.84.